The van der Waals surface area contributed by atoms with Crippen molar-refractivity contribution in [1.82, 2.24) is 9.78 Å². The van der Waals surface area contributed by atoms with Gasteiger partial charge in [0.1, 0.15) is 18.1 Å². The summed E-state index contributed by atoms with van der Waals surface area (Å²) in [5, 5.41) is 7.84. The van der Waals surface area contributed by atoms with E-state index in [-0.39, 0.29) is 34.9 Å². The zero-order valence-corrected chi connectivity index (χ0v) is 20.6. The first kappa shape index (κ1) is 23.5. The van der Waals surface area contributed by atoms with E-state index < -0.39 is 5.91 Å². The second-order valence-corrected chi connectivity index (χ2v) is 8.87. The number of ether oxygens (including phenoxy) is 2. The lowest BCUT2D eigenvalue weighted by Crippen LogP contribution is -2.10. The van der Waals surface area contributed by atoms with Crippen LogP contribution in [0, 0.1) is 0 Å². The Labute approximate surface area is 212 Å². The van der Waals surface area contributed by atoms with Crippen LogP contribution in [0.3, 0.4) is 0 Å². The molecule has 4 rings (SSSR count). The molecule has 0 fully saturated rings. The van der Waals surface area contributed by atoms with Gasteiger partial charge < -0.3 is 19.2 Å². The molecule has 2 heterocycles. The number of nitrogens with one attached hydrogen (secondary N) is 1. The van der Waals surface area contributed by atoms with E-state index in [1.54, 1.807) is 23.0 Å². The van der Waals surface area contributed by atoms with Crippen molar-refractivity contribution in [2.45, 2.75) is 13.3 Å². The van der Waals surface area contributed by atoms with Gasteiger partial charge >= 0.3 is 0 Å². The molecule has 0 atom stereocenters. The normalized spacial score (nSPS) is 10.8. The van der Waals surface area contributed by atoms with E-state index >= 15 is 0 Å². The molecule has 2 aromatic carbocycles. The van der Waals surface area contributed by atoms with Crippen molar-refractivity contribution in [2.24, 2.45) is 0 Å². The minimum Gasteiger partial charge on any atom is -0.483 e. The van der Waals surface area contributed by atoms with E-state index in [9.17, 15) is 4.79 Å². The first-order valence-electron chi connectivity index (χ1n) is 9.45. The van der Waals surface area contributed by atoms with Crippen molar-refractivity contribution in [2.75, 3.05) is 5.32 Å². The molecule has 0 saturated heterocycles. The summed E-state index contributed by atoms with van der Waals surface area (Å²) in [7, 11) is 0. The molecule has 2 aromatic heterocycles. The second kappa shape index (κ2) is 10.5. The zero-order chi connectivity index (χ0) is 23.4. The van der Waals surface area contributed by atoms with E-state index in [1.165, 1.54) is 18.3 Å². The minimum absolute atomic E-state index is 0.0275. The summed E-state index contributed by atoms with van der Waals surface area (Å²) in [5.74, 6) is 1.08. The molecule has 0 radical (unpaired) electrons. The highest BCUT2D eigenvalue weighted by atomic mass is 79.9. The van der Waals surface area contributed by atoms with Crippen LogP contribution in [-0.4, -0.2) is 15.7 Å². The average molecular weight is 572 g/mol. The number of carbonyl (C=O) groups is 1. The standard InChI is InChI=1S/C22H15BrCl3N3O4/c23-13-1-3-16(4-2-13)32-12-29-10-15(9-27-29)28-22(30)20-6-5-17(33-20)11-31-21-18(25)7-14(24)8-19(21)26/h1-10H,11-12H2,(H,28,30). The van der Waals surface area contributed by atoms with Crippen LogP contribution in [-0.2, 0) is 13.3 Å². The Morgan fingerprint density at radius 1 is 1.06 bits per heavy atom. The molecular weight excluding hydrogens is 557 g/mol. The number of rotatable bonds is 8. The molecule has 11 heteroatoms. The fourth-order valence-electron chi connectivity index (χ4n) is 2.75. The molecule has 1 N–H and O–H groups in total. The van der Waals surface area contributed by atoms with Crippen molar-refractivity contribution in [3.63, 3.8) is 0 Å². The van der Waals surface area contributed by atoms with Gasteiger partial charge in [0, 0.05) is 9.50 Å². The molecule has 0 spiro atoms. The molecule has 33 heavy (non-hydrogen) atoms. The topological polar surface area (TPSA) is 78.5 Å². The summed E-state index contributed by atoms with van der Waals surface area (Å²) < 4.78 is 19.3. The second-order valence-electron chi connectivity index (χ2n) is 6.70. The van der Waals surface area contributed by atoms with Crippen LogP contribution in [0.1, 0.15) is 16.3 Å². The summed E-state index contributed by atoms with van der Waals surface area (Å²) in [5.41, 5.74) is 0.494. The number of anilines is 1. The maximum absolute atomic E-state index is 12.5. The van der Waals surface area contributed by atoms with Crippen LogP contribution in [0.25, 0.3) is 0 Å². The van der Waals surface area contributed by atoms with Gasteiger partial charge in [0.05, 0.1) is 28.1 Å². The summed E-state index contributed by atoms with van der Waals surface area (Å²) in [4.78, 5) is 12.5. The van der Waals surface area contributed by atoms with Gasteiger partial charge in [-0.25, -0.2) is 4.68 Å². The Morgan fingerprint density at radius 3 is 2.52 bits per heavy atom. The number of amides is 1. The van der Waals surface area contributed by atoms with Gasteiger partial charge in [-0.15, -0.1) is 0 Å². The van der Waals surface area contributed by atoms with Crippen LogP contribution >= 0.6 is 50.7 Å². The number of hydrogen-bond acceptors (Lipinski definition) is 5. The minimum atomic E-state index is -0.433. The van der Waals surface area contributed by atoms with E-state index in [0.29, 0.717) is 22.2 Å². The summed E-state index contributed by atoms with van der Waals surface area (Å²) in [6.07, 6.45) is 3.16. The van der Waals surface area contributed by atoms with E-state index in [1.807, 2.05) is 24.3 Å². The third-order valence-electron chi connectivity index (χ3n) is 4.28. The molecule has 7 nitrogen and oxygen atoms in total. The molecule has 1 amide bonds. The van der Waals surface area contributed by atoms with Crippen LogP contribution < -0.4 is 14.8 Å². The van der Waals surface area contributed by atoms with Crippen molar-refractivity contribution in [3.05, 3.63) is 92.0 Å². The van der Waals surface area contributed by atoms with Crippen molar-refractivity contribution in [1.29, 1.82) is 0 Å². The maximum Gasteiger partial charge on any atom is 0.291 e. The fraction of sp³-hybridized carbons (Fsp3) is 0.0909. The number of furan rings is 1. The molecular formula is C22H15BrCl3N3O4. The van der Waals surface area contributed by atoms with Crippen LogP contribution in [0.15, 0.2) is 69.8 Å². The lowest BCUT2D eigenvalue weighted by Gasteiger charge is -2.09. The van der Waals surface area contributed by atoms with Crippen LogP contribution in [0.5, 0.6) is 11.5 Å². The van der Waals surface area contributed by atoms with E-state index in [0.717, 1.165) is 4.47 Å². The zero-order valence-electron chi connectivity index (χ0n) is 16.7. The highest BCUT2D eigenvalue weighted by Gasteiger charge is 2.15. The lowest BCUT2D eigenvalue weighted by atomic mass is 10.3. The fourth-order valence-corrected chi connectivity index (χ4v) is 3.94. The van der Waals surface area contributed by atoms with Crippen molar-refractivity contribution >= 4 is 62.3 Å². The Bertz CT molecular complexity index is 1250. The summed E-state index contributed by atoms with van der Waals surface area (Å²) >= 11 is 21.5. The molecule has 0 saturated carbocycles. The Hall–Kier alpha value is -2.65. The Morgan fingerprint density at radius 2 is 1.79 bits per heavy atom. The van der Waals surface area contributed by atoms with Gasteiger partial charge in [0.2, 0.25) is 0 Å². The quantitative estimate of drug-likeness (QED) is 0.245. The number of hydrogen-bond donors (Lipinski definition) is 1. The monoisotopic (exact) mass is 569 g/mol. The Balaban J connectivity index is 1.31. The van der Waals surface area contributed by atoms with Gasteiger partial charge in [0.15, 0.2) is 18.2 Å². The predicted molar refractivity (Wildman–Crippen MR) is 129 cm³/mol. The molecule has 0 bridgehead atoms. The summed E-state index contributed by atoms with van der Waals surface area (Å²) in [6, 6.07) is 13.6. The number of halogens is 4. The first-order valence-corrected chi connectivity index (χ1v) is 11.4. The van der Waals surface area contributed by atoms with Gasteiger partial charge in [-0.3, -0.25) is 4.79 Å². The highest BCUT2D eigenvalue weighted by Crippen LogP contribution is 2.36. The molecule has 0 aliphatic heterocycles. The van der Waals surface area contributed by atoms with Crippen molar-refractivity contribution < 1.29 is 18.7 Å². The van der Waals surface area contributed by atoms with Gasteiger partial charge in [-0.2, -0.15) is 5.10 Å². The number of carbonyl (C=O) groups excluding carboxylic acids is 1. The molecule has 0 unspecified atom stereocenters. The number of nitrogens with zero attached hydrogens (tertiary/aromatic N) is 2. The highest BCUT2D eigenvalue weighted by molar-refractivity contribution is 9.10. The number of benzene rings is 2. The maximum atomic E-state index is 12.5. The van der Waals surface area contributed by atoms with Crippen LogP contribution in [0.2, 0.25) is 15.1 Å². The Kier molecular flexibility index (Phi) is 7.49. The lowest BCUT2D eigenvalue weighted by molar-refractivity contribution is 0.0992. The molecule has 0 aliphatic carbocycles. The predicted octanol–water partition coefficient (Wildman–Crippen LogP) is 7.07. The van der Waals surface area contributed by atoms with E-state index in [2.05, 4.69) is 26.3 Å². The molecule has 0 aliphatic rings. The summed E-state index contributed by atoms with van der Waals surface area (Å²) in [6.45, 7) is 0.218. The third-order valence-corrected chi connectivity index (χ3v) is 5.58. The molecule has 170 valence electrons. The molecule has 4 aromatic rings. The SMILES string of the molecule is O=C(Nc1cnn(COc2ccc(Br)cc2)c1)c1ccc(COc2c(Cl)cc(Cl)cc2Cl)o1. The number of aromatic nitrogens is 2. The van der Waals surface area contributed by atoms with Gasteiger partial charge in [0.25, 0.3) is 5.91 Å². The van der Waals surface area contributed by atoms with E-state index in [4.69, 9.17) is 48.7 Å². The first-order chi connectivity index (χ1) is 15.9. The largest absolute Gasteiger partial charge is 0.483 e. The van der Waals surface area contributed by atoms with Crippen LogP contribution in [0.4, 0.5) is 5.69 Å². The smallest absolute Gasteiger partial charge is 0.291 e. The average Bonchev–Trinajstić information content (AvgIpc) is 3.42. The van der Waals surface area contributed by atoms with Gasteiger partial charge in [-0.1, -0.05) is 50.7 Å². The third kappa shape index (κ3) is 6.23. The van der Waals surface area contributed by atoms with Crippen molar-refractivity contribution in [3.8, 4) is 11.5 Å². The van der Waals surface area contributed by atoms with Gasteiger partial charge in [-0.05, 0) is 48.5 Å².